The molecular formula is C40H25N5O2Pd2. The van der Waals surface area contributed by atoms with Crippen molar-refractivity contribution in [1.29, 1.82) is 0 Å². The molecule has 0 aliphatic heterocycles. The molecule has 0 aliphatic rings. The standard InChI is InChI=1S/C40H25N5O2.2Pd/c1-26-10-16-36(43-24-26)28-6-3-8-30(20-28)46-32-12-14-34-35-15-13-33(23-39(35)45(38(34)22-32)40-41-18-5-19-42-40)47-31-9-4-7-29(21-31)37-17-11-27(2)25-44-37;;/h3-19,24-25H,1-2H3;;/q-4;2*+2. The molecule has 0 bridgehead atoms. The van der Waals surface area contributed by atoms with E-state index in [-0.39, 0.29) is 40.8 Å². The molecule has 0 atom stereocenters. The number of benzene rings is 4. The topological polar surface area (TPSA) is 75.0 Å². The number of pyridine rings is 2. The molecule has 0 amide bonds. The van der Waals surface area contributed by atoms with E-state index in [0.717, 1.165) is 55.4 Å². The van der Waals surface area contributed by atoms with E-state index in [9.17, 15) is 0 Å². The first-order valence-corrected chi connectivity index (χ1v) is 15.0. The molecule has 4 aromatic carbocycles. The summed E-state index contributed by atoms with van der Waals surface area (Å²) in [5.41, 5.74) is 7.02. The van der Waals surface area contributed by atoms with Gasteiger partial charge in [0.2, 0.25) is 5.95 Å². The Morgan fingerprint density at radius 1 is 0.490 bits per heavy atom. The van der Waals surface area contributed by atoms with Gasteiger partial charge in [0.05, 0.1) is 0 Å². The number of aryl methyl sites for hydroxylation is 2. The fraction of sp³-hybridized carbons (Fsp3) is 0.0500. The van der Waals surface area contributed by atoms with E-state index in [1.54, 1.807) is 18.5 Å². The summed E-state index contributed by atoms with van der Waals surface area (Å²) in [5, 5.41) is 1.89. The SMILES string of the molecule is Cc1ccc(-c2[c-]c(Oc3[c-]c4c(cc3)c3ccc(Oc5[c-]c(-c6ccc(C)cn6)ccc5)[c-]c3n4-c3ncccn3)ccc2)nc1.[Pd+2].[Pd+2]. The Balaban J connectivity index is 0.00000208. The maximum absolute atomic E-state index is 6.28. The van der Waals surface area contributed by atoms with Crippen molar-refractivity contribution >= 4 is 21.8 Å². The molecule has 0 radical (unpaired) electrons. The van der Waals surface area contributed by atoms with Crippen molar-refractivity contribution in [3.63, 3.8) is 0 Å². The van der Waals surface area contributed by atoms with Gasteiger partial charge in [-0.2, -0.15) is 22.9 Å². The Morgan fingerprint density at radius 2 is 0.959 bits per heavy atom. The summed E-state index contributed by atoms with van der Waals surface area (Å²) in [4.78, 5) is 18.2. The molecule has 8 aromatic rings. The normalized spacial score (nSPS) is 10.7. The Bertz CT molecular complexity index is 2230. The molecule has 8 rings (SSSR count). The van der Waals surface area contributed by atoms with Crippen molar-refractivity contribution < 1.29 is 50.3 Å². The Labute approximate surface area is 311 Å². The van der Waals surface area contributed by atoms with Crippen LogP contribution in [0.25, 0.3) is 50.3 Å². The van der Waals surface area contributed by atoms with Gasteiger partial charge in [-0.05, 0) is 42.4 Å². The van der Waals surface area contributed by atoms with Crippen LogP contribution < -0.4 is 9.47 Å². The zero-order valence-electron chi connectivity index (χ0n) is 26.2. The molecular weight excluding hydrogens is 795 g/mol. The zero-order valence-corrected chi connectivity index (χ0v) is 29.3. The van der Waals surface area contributed by atoms with Crippen LogP contribution in [0, 0.1) is 38.1 Å². The molecule has 0 aliphatic carbocycles. The Hall–Kier alpha value is -5.02. The molecule has 0 unspecified atom stereocenters. The fourth-order valence-electron chi connectivity index (χ4n) is 5.36. The van der Waals surface area contributed by atoms with E-state index in [0.29, 0.717) is 28.9 Å². The molecule has 9 heteroatoms. The van der Waals surface area contributed by atoms with E-state index >= 15 is 0 Å². The van der Waals surface area contributed by atoms with Gasteiger partial charge >= 0.3 is 40.8 Å². The van der Waals surface area contributed by atoms with Crippen molar-refractivity contribution in [3.8, 4) is 51.5 Å². The van der Waals surface area contributed by atoms with Gasteiger partial charge in [0.15, 0.2) is 0 Å². The van der Waals surface area contributed by atoms with Crippen LogP contribution in [0.5, 0.6) is 23.0 Å². The average Bonchev–Trinajstić information content (AvgIpc) is 3.42. The van der Waals surface area contributed by atoms with Gasteiger partial charge in [-0.1, -0.05) is 47.4 Å². The number of ether oxygens (including phenoxy) is 2. The second-order valence-corrected chi connectivity index (χ2v) is 11.1. The van der Waals surface area contributed by atoms with Gasteiger partial charge in [-0.15, -0.1) is 71.8 Å². The fourth-order valence-corrected chi connectivity index (χ4v) is 5.36. The first kappa shape index (κ1) is 33.9. The number of rotatable bonds is 7. The van der Waals surface area contributed by atoms with Crippen LogP contribution in [-0.2, 0) is 40.8 Å². The van der Waals surface area contributed by atoms with Gasteiger partial charge in [0.25, 0.3) is 0 Å². The van der Waals surface area contributed by atoms with Gasteiger partial charge in [-0.25, -0.2) is 9.97 Å². The second-order valence-electron chi connectivity index (χ2n) is 11.1. The van der Waals surface area contributed by atoms with Crippen LogP contribution in [-0.4, -0.2) is 24.5 Å². The molecule has 0 N–H and O–H groups in total. The maximum atomic E-state index is 6.28. The first-order chi connectivity index (χ1) is 23.1. The quantitative estimate of drug-likeness (QED) is 0.118. The first-order valence-electron chi connectivity index (χ1n) is 15.0. The minimum absolute atomic E-state index is 0. The van der Waals surface area contributed by atoms with Gasteiger partial charge < -0.3 is 24.0 Å². The second kappa shape index (κ2) is 14.6. The summed E-state index contributed by atoms with van der Waals surface area (Å²) in [7, 11) is 0. The summed E-state index contributed by atoms with van der Waals surface area (Å²) in [6, 6.07) is 42.7. The van der Waals surface area contributed by atoms with E-state index in [1.807, 2.05) is 116 Å². The number of aromatic nitrogens is 5. The molecule has 0 fully saturated rings. The largest absolute Gasteiger partial charge is 2.00 e. The predicted octanol–water partition coefficient (Wildman–Crippen LogP) is 9.09. The minimum atomic E-state index is 0. The zero-order chi connectivity index (χ0) is 31.7. The smallest absolute Gasteiger partial charge is 0.503 e. The molecule has 242 valence electrons. The predicted molar refractivity (Wildman–Crippen MR) is 181 cm³/mol. The van der Waals surface area contributed by atoms with E-state index < -0.39 is 0 Å². The third kappa shape index (κ3) is 7.08. The van der Waals surface area contributed by atoms with E-state index in [4.69, 9.17) is 9.47 Å². The average molecular weight is 821 g/mol. The van der Waals surface area contributed by atoms with E-state index in [2.05, 4.69) is 44.2 Å². The summed E-state index contributed by atoms with van der Waals surface area (Å²) in [5.74, 6) is 2.64. The van der Waals surface area contributed by atoms with Crippen LogP contribution >= 0.6 is 0 Å². The molecule has 4 aromatic heterocycles. The molecule has 0 saturated carbocycles. The number of fused-ring (bicyclic) bond motifs is 3. The molecule has 7 nitrogen and oxygen atoms in total. The Morgan fingerprint density at radius 3 is 1.41 bits per heavy atom. The maximum Gasteiger partial charge on any atom is 2.00 e. The van der Waals surface area contributed by atoms with Crippen LogP contribution in [0.3, 0.4) is 0 Å². The molecule has 0 saturated heterocycles. The number of hydrogen-bond donors (Lipinski definition) is 0. The third-order valence-corrected chi connectivity index (χ3v) is 7.64. The van der Waals surface area contributed by atoms with Gasteiger partial charge in [-0.3, -0.25) is 0 Å². The third-order valence-electron chi connectivity index (χ3n) is 7.64. The summed E-state index contributed by atoms with van der Waals surface area (Å²) in [6.07, 6.45) is 7.10. The van der Waals surface area contributed by atoms with Crippen molar-refractivity contribution in [2.24, 2.45) is 0 Å². The van der Waals surface area contributed by atoms with Crippen molar-refractivity contribution in [2.75, 3.05) is 0 Å². The van der Waals surface area contributed by atoms with Crippen molar-refractivity contribution in [3.05, 3.63) is 151 Å². The van der Waals surface area contributed by atoms with Gasteiger partial charge in [0, 0.05) is 47.8 Å². The van der Waals surface area contributed by atoms with Crippen molar-refractivity contribution in [1.82, 2.24) is 24.5 Å². The van der Waals surface area contributed by atoms with Gasteiger partial charge in [0.1, 0.15) is 0 Å². The monoisotopic (exact) mass is 819 g/mol. The molecule has 4 heterocycles. The van der Waals surface area contributed by atoms with Crippen LogP contribution in [0.15, 0.2) is 116 Å². The molecule has 49 heavy (non-hydrogen) atoms. The number of nitrogens with zero attached hydrogens (tertiary/aromatic N) is 5. The van der Waals surface area contributed by atoms with Crippen LogP contribution in [0.4, 0.5) is 0 Å². The number of hydrogen-bond acceptors (Lipinski definition) is 6. The van der Waals surface area contributed by atoms with E-state index in [1.165, 1.54) is 0 Å². The van der Waals surface area contributed by atoms with Crippen LogP contribution in [0.2, 0.25) is 0 Å². The summed E-state index contributed by atoms with van der Waals surface area (Å²) in [6.45, 7) is 4.03. The summed E-state index contributed by atoms with van der Waals surface area (Å²) >= 11 is 0. The summed E-state index contributed by atoms with van der Waals surface area (Å²) < 4.78 is 14.5. The van der Waals surface area contributed by atoms with Crippen LogP contribution in [0.1, 0.15) is 11.1 Å². The van der Waals surface area contributed by atoms with Crippen molar-refractivity contribution in [2.45, 2.75) is 13.8 Å². The Kier molecular flexibility index (Phi) is 10.1. The minimum Gasteiger partial charge on any atom is -0.503 e. The molecule has 0 spiro atoms.